The van der Waals surface area contributed by atoms with Gasteiger partial charge in [-0.2, -0.15) is 0 Å². The fourth-order valence-electron chi connectivity index (χ4n) is 1.61. The van der Waals surface area contributed by atoms with Crippen molar-refractivity contribution >= 4 is 23.7 Å². The number of methoxy groups -OCH3 is 1. The second-order valence-electron chi connectivity index (χ2n) is 4.55. The molecule has 0 aliphatic carbocycles. The van der Waals surface area contributed by atoms with Gasteiger partial charge in [0, 0.05) is 5.75 Å². The second-order valence-corrected chi connectivity index (χ2v) is 5.61. The standard InChI is InChI=1S/C13H18N2O6S/c1-21-9-3-6(2-7(14)12(17)18)4-10(11(9)16)22-5-8(15)13(19)20/h3-4,7-8,16H,2,5,14-15H2,1H3,(H,17,18)(H,19,20)/t7-,8?/m0/s1. The van der Waals surface area contributed by atoms with Crippen LogP contribution in [0.2, 0.25) is 0 Å². The Balaban J connectivity index is 2.99. The molecule has 22 heavy (non-hydrogen) atoms. The van der Waals surface area contributed by atoms with Crippen LogP contribution in [0.25, 0.3) is 0 Å². The summed E-state index contributed by atoms with van der Waals surface area (Å²) in [6.07, 6.45) is 0.0461. The molecule has 9 heteroatoms. The number of carboxylic acids is 2. The van der Waals surface area contributed by atoms with Crippen molar-refractivity contribution in [1.29, 1.82) is 0 Å². The average molecular weight is 330 g/mol. The van der Waals surface area contributed by atoms with Crippen LogP contribution >= 0.6 is 11.8 Å². The summed E-state index contributed by atoms with van der Waals surface area (Å²) >= 11 is 1.04. The Hall–Kier alpha value is -1.97. The quantitative estimate of drug-likeness (QED) is 0.409. The minimum atomic E-state index is -1.15. The maximum Gasteiger partial charge on any atom is 0.321 e. The Bertz CT molecular complexity index is 566. The summed E-state index contributed by atoms with van der Waals surface area (Å²) in [5.74, 6) is -2.25. The van der Waals surface area contributed by atoms with Crippen LogP contribution in [0.4, 0.5) is 0 Å². The number of aromatic hydroxyl groups is 1. The van der Waals surface area contributed by atoms with Crippen molar-refractivity contribution in [2.24, 2.45) is 11.5 Å². The number of rotatable bonds is 8. The van der Waals surface area contributed by atoms with E-state index in [1.165, 1.54) is 13.2 Å². The molecule has 2 atom stereocenters. The number of carboxylic acid groups (broad SMARTS) is 2. The third-order valence-electron chi connectivity index (χ3n) is 2.83. The molecule has 1 unspecified atom stereocenters. The summed E-state index contributed by atoms with van der Waals surface area (Å²) < 4.78 is 5.02. The van der Waals surface area contributed by atoms with Gasteiger partial charge in [0.2, 0.25) is 0 Å². The van der Waals surface area contributed by atoms with Crippen molar-refractivity contribution in [2.75, 3.05) is 12.9 Å². The van der Waals surface area contributed by atoms with Crippen molar-refractivity contribution in [2.45, 2.75) is 23.4 Å². The molecule has 1 rings (SSSR count). The van der Waals surface area contributed by atoms with Gasteiger partial charge in [-0.1, -0.05) is 0 Å². The first-order valence-corrected chi connectivity index (χ1v) is 7.24. The summed E-state index contributed by atoms with van der Waals surface area (Å²) in [5.41, 5.74) is 11.4. The zero-order valence-electron chi connectivity index (χ0n) is 11.9. The highest BCUT2D eigenvalue weighted by Crippen LogP contribution is 2.38. The molecule has 0 heterocycles. The van der Waals surface area contributed by atoms with E-state index in [2.05, 4.69) is 0 Å². The molecule has 1 aromatic carbocycles. The van der Waals surface area contributed by atoms with Gasteiger partial charge in [0.25, 0.3) is 0 Å². The van der Waals surface area contributed by atoms with E-state index in [0.717, 1.165) is 11.8 Å². The highest BCUT2D eigenvalue weighted by atomic mass is 32.2. The van der Waals surface area contributed by atoms with Gasteiger partial charge in [-0.25, -0.2) is 0 Å². The topological polar surface area (TPSA) is 156 Å². The third-order valence-corrected chi connectivity index (χ3v) is 3.98. The van der Waals surface area contributed by atoms with Crippen LogP contribution in [0, 0.1) is 0 Å². The maximum atomic E-state index is 10.8. The fraction of sp³-hybridized carbons (Fsp3) is 0.385. The Morgan fingerprint density at radius 2 is 1.82 bits per heavy atom. The lowest BCUT2D eigenvalue weighted by Gasteiger charge is -2.14. The van der Waals surface area contributed by atoms with Crippen molar-refractivity contribution in [3.05, 3.63) is 17.7 Å². The number of nitrogens with two attached hydrogens (primary N) is 2. The highest BCUT2D eigenvalue weighted by molar-refractivity contribution is 7.99. The Labute approximate surface area is 131 Å². The normalized spacial score (nSPS) is 13.4. The van der Waals surface area contributed by atoms with E-state index >= 15 is 0 Å². The summed E-state index contributed by atoms with van der Waals surface area (Å²) in [6.45, 7) is 0. The molecule has 1 aromatic rings. The summed E-state index contributed by atoms with van der Waals surface area (Å²) in [6, 6.07) is 0.854. The van der Waals surface area contributed by atoms with E-state index in [0.29, 0.717) is 10.5 Å². The van der Waals surface area contributed by atoms with E-state index < -0.39 is 24.0 Å². The minimum absolute atomic E-state index is 0.0421. The van der Waals surface area contributed by atoms with E-state index in [1.54, 1.807) is 6.07 Å². The van der Waals surface area contributed by atoms with Gasteiger partial charge in [-0.15, -0.1) is 11.8 Å². The van der Waals surface area contributed by atoms with Crippen molar-refractivity contribution in [3.63, 3.8) is 0 Å². The molecule has 0 aliphatic heterocycles. The molecule has 0 aromatic heterocycles. The summed E-state index contributed by atoms with van der Waals surface area (Å²) in [5, 5.41) is 27.6. The number of ether oxygens (including phenoxy) is 1. The summed E-state index contributed by atoms with van der Waals surface area (Å²) in [7, 11) is 1.35. The van der Waals surface area contributed by atoms with Crippen LogP contribution in [-0.2, 0) is 16.0 Å². The molecule has 0 bridgehead atoms. The van der Waals surface area contributed by atoms with Crippen LogP contribution < -0.4 is 16.2 Å². The van der Waals surface area contributed by atoms with E-state index in [4.69, 9.17) is 26.4 Å². The van der Waals surface area contributed by atoms with E-state index in [1.807, 2.05) is 0 Å². The molecule has 8 nitrogen and oxygen atoms in total. The first-order chi connectivity index (χ1) is 10.3. The predicted molar refractivity (Wildman–Crippen MR) is 80.3 cm³/mol. The lowest BCUT2D eigenvalue weighted by molar-refractivity contribution is -0.139. The zero-order chi connectivity index (χ0) is 16.9. The van der Waals surface area contributed by atoms with Gasteiger partial charge in [0.15, 0.2) is 11.5 Å². The van der Waals surface area contributed by atoms with Gasteiger partial charge in [-0.05, 0) is 24.1 Å². The zero-order valence-corrected chi connectivity index (χ0v) is 12.7. The first-order valence-electron chi connectivity index (χ1n) is 6.25. The molecule has 122 valence electrons. The van der Waals surface area contributed by atoms with Crippen LogP contribution in [0.1, 0.15) is 5.56 Å². The number of hydrogen-bond acceptors (Lipinski definition) is 7. The molecule has 0 saturated carbocycles. The maximum absolute atomic E-state index is 10.8. The van der Waals surface area contributed by atoms with Crippen molar-refractivity contribution in [1.82, 2.24) is 0 Å². The molecular weight excluding hydrogens is 312 g/mol. The molecular formula is C13H18N2O6S. The van der Waals surface area contributed by atoms with Gasteiger partial charge < -0.3 is 31.5 Å². The van der Waals surface area contributed by atoms with Crippen molar-refractivity contribution in [3.8, 4) is 11.5 Å². The fourth-order valence-corrected chi connectivity index (χ4v) is 2.59. The van der Waals surface area contributed by atoms with E-state index in [-0.39, 0.29) is 23.7 Å². The molecule has 7 N–H and O–H groups in total. The van der Waals surface area contributed by atoms with Crippen LogP contribution in [0.3, 0.4) is 0 Å². The number of thioether (sulfide) groups is 1. The number of phenolic OH excluding ortho intramolecular Hbond substituents is 1. The number of hydrogen-bond donors (Lipinski definition) is 5. The lowest BCUT2D eigenvalue weighted by atomic mass is 10.1. The van der Waals surface area contributed by atoms with Gasteiger partial charge in [-0.3, -0.25) is 9.59 Å². The van der Waals surface area contributed by atoms with Gasteiger partial charge in [0.1, 0.15) is 12.1 Å². The van der Waals surface area contributed by atoms with Crippen LogP contribution in [0.5, 0.6) is 11.5 Å². The number of carbonyl (C=O) groups is 2. The van der Waals surface area contributed by atoms with E-state index in [9.17, 15) is 14.7 Å². The summed E-state index contributed by atoms with van der Waals surface area (Å²) in [4.78, 5) is 21.9. The molecule has 0 fully saturated rings. The van der Waals surface area contributed by atoms with Gasteiger partial charge >= 0.3 is 11.9 Å². The Morgan fingerprint density at radius 1 is 1.23 bits per heavy atom. The monoisotopic (exact) mass is 330 g/mol. The number of benzene rings is 1. The first kappa shape index (κ1) is 18.1. The average Bonchev–Trinajstić information content (AvgIpc) is 2.46. The van der Waals surface area contributed by atoms with Crippen LogP contribution in [0.15, 0.2) is 17.0 Å². The highest BCUT2D eigenvalue weighted by Gasteiger charge is 2.18. The SMILES string of the molecule is COc1cc(C[C@H](N)C(=O)O)cc(SCC(N)C(=O)O)c1O. The number of aliphatic carboxylic acids is 2. The molecule has 0 radical (unpaired) electrons. The van der Waals surface area contributed by atoms with Crippen LogP contribution in [-0.4, -0.2) is 52.2 Å². The number of phenols is 1. The molecule has 0 aliphatic rings. The smallest absolute Gasteiger partial charge is 0.321 e. The van der Waals surface area contributed by atoms with Gasteiger partial charge in [0.05, 0.1) is 12.0 Å². The molecule has 0 saturated heterocycles. The second kappa shape index (κ2) is 7.87. The predicted octanol–water partition coefficient (Wildman–Crippen LogP) is -0.141. The lowest BCUT2D eigenvalue weighted by Crippen LogP contribution is -2.32. The third kappa shape index (κ3) is 4.79. The molecule has 0 spiro atoms. The molecule has 0 amide bonds. The van der Waals surface area contributed by atoms with Crippen molar-refractivity contribution < 1.29 is 29.6 Å². The minimum Gasteiger partial charge on any atom is -0.503 e. The Kier molecular flexibility index (Phi) is 6.47. The largest absolute Gasteiger partial charge is 0.503 e. The Morgan fingerprint density at radius 3 is 2.32 bits per heavy atom.